The molecule has 0 aliphatic carbocycles. The number of nitrogens with one attached hydrogen (secondary N) is 1. The average molecular weight is 340 g/mol. The molecule has 4 heteroatoms. The van der Waals surface area contributed by atoms with Crippen molar-refractivity contribution in [1.29, 1.82) is 0 Å². The van der Waals surface area contributed by atoms with E-state index >= 15 is 0 Å². The van der Waals surface area contributed by atoms with E-state index in [4.69, 9.17) is 11.6 Å². The van der Waals surface area contributed by atoms with Gasteiger partial charge in [0.15, 0.2) is 0 Å². The largest absolute Gasteiger partial charge is 0.310 e. The molecule has 0 spiro atoms. The molecule has 1 aromatic heterocycles. The number of nitrogens with zero attached hydrogens (tertiary/aromatic N) is 1. The van der Waals surface area contributed by atoms with Crippen LogP contribution in [0, 0.1) is 0 Å². The fourth-order valence-corrected chi connectivity index (χ4v) is 2.78. The van der Waals surface area contributed by atoms with E-state index in [2.05, 4.69) is 39.2 Å². The van der Waals surface area contributed by atoms with E-state index in [1.165, 1.54) is 11.1 Å². The number of rotatable bonds is 5. The van der Waals surface area contributed by atoms with Crippen LogP contribution in [0.25, 0.3) is 0 Å². The van der Waals surface area contributed by atoms with Crippen molar-refractivity contribution in [3.63, 3.8) is 0 Å². The van der Waals surface area contributed by atoms with E-state index in [-0.39, 0.29) is 6.04 Å². The minimum Gasteiger partial charge on any atom is -0.310 e. The summed E-state index contributed by atoms with van der Waals surface area (Å²) in [5.74, 6) is 0. The summed E-state index contributed by atoms with van der Waals surface area (Å²) in [7, 11) is 0. The first-order chi connectivity index (χ1) is 9.20. The molecule has 0 aliphatic rings. The van der Waals surface area contributed by atoms with Crippen molar-refractivity contribution < 1.29 is 0 Å². The van der Waals surface area contributed by atoms with Gasteiger partial charge in [0, 0.05) is 27.9 Å². The van der Waals surface area contributed by atoms with Crippen LogP contribution in [0.1, 0.15) is 24.1 Å². The summed E-state index contributed by atoms with van der Waals surface area (Å²) in [6.07, 6.45) is 4.59. The summed E-state index contributed by atoms with van der Waals surface area (Å²) < 4.78 is 1.08. The highest BCUT2D eigenvalue weighted by molar-refractivity contribution is 9.10. The zero-order valence-electron chi connectivity index (χ0n) is 10.7. The number of pyridine rings is 1. The van der Waals surface area contributed by atoms with Crippen LogP contribution >= 0.6 is 27.5 Å². The lowest BCUT2D eigenvalue weighted by Gasteiger charge is -2.20. The molecule has 100 valence electrons. The Bertz CT molecular complexity index is 531. The minimum absolute atomic E-state index is 0.224. The van der Waals surface area contributed by atoms with Crippen LogP contribution in [0.5, 0.6) is 0 Å². The SMILES string of the molecule is CCNC(Cc1cccnc1)c1cc(Cl)ccc1Br. The van der Waals surface area contributed by atoms with Crippen LogP contribution in [-0.4, -0.2) is 11.5 Å². The van der Waals surface area contributed by atoms with Crippen LogP contribution in [0.15, 0.2) is 47.2 Å². The molecule has 0 aliphatic heterocycles. The maximum atomic E-state index is 6.10. The van der Waals surface area contributed by atoms with Gasteiger partial charge in [0.1, 0.15) is 0 Å². The molecule has 2 aromatic rings. The quantitative estimate of drug-likeness (QED) is 0.874. The topological polar surface area (TPSA) is 24.9 Å². The summed E-state index contributed by atoms with van der Waals surface area (Å²) in [6, 6.07) is 10.2. The summed E-state index contributed by atoms with van der Waals surface area (Å²) in [6.45, 7) is 3.01. The zero-order valence-corrected chi connectivity index (χ0v) is 13.1. The molecule has 0 radical (unpaired) electrons. The highest BCUT2D eigenvalue weighted by Gasteiger charge is 2.14. The first-order valence-electron chi connectivity index (χ1n) is 6.28. The molecule has 1 N–H and O–H groups in total. The second-order valence-corrected chi connectivity index (χ2v) is 5.63. The first kappa shape index (κ1) is 14.5. The molecule has 0 fully saturated rings. The first-order valence-corrected chi connectivity index (χ1v) is 7.45. The van der Waals surface area contributed by atoms with Crippen molar-refractivity contribution in [1.82, 2.24) is 10.3 Å². The van der Waals surface area contributed by atoms with E-state index in [9.17, 15) is 0 Å². The molecule has 0 saturated carbocycles. The van der Waals surface area contributed by atoms with E-state index in [0.29, 0.717) is 0 Å². The molecule has 1 atom stereocenters. The van der Waals surface area contributed by atoms with E-state index in [0.717, 1.165) is 22.5 Å². The summed E-state index contributed by atoms with van der Waals surface area (Å²) in [5.41, 5.74) is 2.39. The van der Waals surface area contributed by atoms with Crippen LogP contribution in [0.4, 0.5) is 0 Å². The van der Waals surface area contributed by atoms with Gasteiger partial charge in [0.25, 0.3) is 0 Å². The van der Waals surface area contributed by atoms with Gasteiger partial charge >= 0.3 is 0 Å². The Morgan fingerprint density at radius 2 is 2.21 bits per heavy atom. The third-order valence-electron chi connectivity index (χ3n) is 2.95. The van der Waals surface area contributed by atoms with Gasteiger partial charge in [-0.05, 0) is 48.4 Å². The number of hydrogen-bond acceptors (Lipinski definition) is 2. The Labute approximate surface area is 127 Å². The fourth-order valence-electron chi connectivity index (χ4n) is 2.07. The van der Waals surface area contributed by atoms with Crippen molar-refractivity contribution in [2.75, 3.05) is 6.54 Å². The smallest absolute Gasteiger partial charge is 0.0410 e. The number of aromatic nitrogens is 1. The minimum atomic E-state index is 0.224. The van der Waals surface area contributed by atoms with Gasteiger partial charge in [-0.25, -0.2) is 0 Å². The molecular formula is C15H16BrClN2. The lowest BCUT2D eigenvalue weighted by atomic mass is 10.00. The summed E-state index contributed by atoms with van der Waals surface area (Å²) in [4.78, 5) is 4.17. The maximum absolute atomic E-state index is 6.10. The number of hydrogen-bond donors (Lipinski definition) is 1. The predicted molar refractivity (Wildman–Crippen MR) is 83.5 cm³/mol. The molecule has 1 heterocycles. The zero-order chi connectivity index (χ0) is 13.7. The Morgan fingerprint density at radius 3 is 2.89 bits per heavy atom. The lowest BCUT2D eigenvalue weighted by Crippen LogP contribution is -2.23. The van der Waals surface area contributed by atoms with Gasteiger partial charge in [-0.1, -0.05) is 40.5 Å². The van der Waals surface area contributed by atoms with E-state index in [1.807, 2.05) is 30.5 Å². The Balaban J connectivity index is 2.27. The van der Waals surface area contributed by atoms with Crippen molar-refractivity contribution in [2.45, 2.75) is 19.4 Å². The fraction of sp³-hybridized carbons (Fsp3) is 0.267. The molecule has 1 aromatic carbocycles. The third-order valence-corrected chi connectivity index (χ3v) is 3.90. The maximum Gasteiger partial charge on any atom is 0.0410 e. The monoisotopic (exact) mass is 338 g/mol. The van der Waals surface area contributed by atoms with E-state index in [1.54, 1.807) is 6.20 Å². The molecule has 19 heavy (non-hydrogen) atoms. The van der Waals surface area contributed by atoms with Crippen molar-refractivity contribution in [3.05, 3.63) is 63.3 Å². The predicted octanol–water partition coefficient (Wildman–Crippen LogP) is 4.39. The molecule has 0 amide bonds. The molecule has 0 saturated heterocycles. The summed E-state index contributed by atoms with van der Waals surface area (Å²) >= 11 is 9.70. The molecular weight excluding hydrogens is 324 g/mol. The van der Waals surface area contributed by atoms with Crippen molar-refractivity contribution in [3.8, 4) is 0 Å². The van der Waals surface area contributed by atoms with Gasteiger partial charge in [0.05, 0.1) is 0 Å². The van der Waals surface area contributed by atoms with Crippen LogP contribution in [0.2, 0.25) is 5.02 Å². The van der Waals surface area contributed by atoms with Gasteiger partial charge < -0.3 is 5.32 Å². The van der Waals surface area contributed by atoms with Crippen LogP contribution in [-0.2, 0) is 6.42 Å². The van der Waals surface area contributed by atoms with E-state index < -0.39 is 0 Å². The number of halogens is 2. The highest BCUT2D eigenvalue weighted by Crippen LogP contribution is 2.28. The molecule has 2 nitrogen and oxygen atoms in total. The molecule has 1 unspecified atom stereocenters. The third kappa shape index (κ3) is 4.03. The average Bonchev–Trinajstić information content (AvgIpc) is 2.42. The van der Waals surface area contributed by atoms with Gasteiger partial charge in [-0.15, -0.1) is 0 Å². The number of benzene rings is 1. The standard InChI is InChI=1S/C15H16BrClN2/c1-2-19-15(8-11-4-3-7-18-10-11)13-9-12(17)5-6-14(13)16/h3-7,9-10,15,19H,2,8H2,1H3. The van der Waals surface area contributed by atoms with Crippen LogP contribution < -0.4 is 5.32 Å². The molecule has 0 bridgehead atoms. The normalized spacial score (nSPS) is 12.4. The van der Waals surface area contributed by atoms with Gasteiger partial charge in [-0.3, -0.25) is 4.98 Å². The Hall–Kier alpha value is -0.900. The molecule has 2 rings (SSSR count). The second kappa shape index (κ2) is 7.04. The lowest BCUT2D eigenvalue weighted by molar-refractivity contribution is 0.547. The van der Waals surface area contributed by atoms with Crippen molar-refractivity contribution in [2.24, 2.45) is 0 Å². The van der Waals surface area contributed by atoms with Gasteiger partial charge in [-0.2, -0.15) is 0 Å². The second-order valence-electron chi connectivity index (χ2n) is 4.34. The summed E-state index contributed by atoms with van der Waals surface area (Å²) in [5, 5.41) is 4.26. The van der Waals surface area contributed by atoms with Crippen molar-refractivity contribution >= 4 is 27.5 Å². The van der Waals surface area contributed by atoms with Crippen LogP contribution in [0.3, 0.4) is 0 Å². The Kier molecular flexibility index (Phi) is 5.37. The highest BCUT2D eigenvalue weighted by atomic mass is 79.9. The van der Waals surface area contributed by atoms with Gasteiger partial charge in [0.2, 0.25) is 0 Å². The Morgan fingerprint density at radius 1 is 1.37 bits per heavy atom. The number of likely N-dealkylation sites (N-methyl/N-ethyl adjacent to an activating group) is 1.